The summed E-state index contributed by atoms with van der Waals surface area (Å²) in [5.41, 5.74) is 0.378. The Morgan fingerprint density at radius 1 is 1.08 bits per heavy atom. The first kappa shape index (κ1) is 17.7. The summed E-state index contributed by atoms with van der Waals surface area (Å²) in [4.78, 5) is 16.5. The van der Waals surface area contributed by atoms with Crippen molar-refractivity contribution in [2.24, 2.45) is 0 Å². The van der Waals surface area contributed by atoms with Gasteiger partial charge in [-0.25, -0.2) is 12.8 Å². The molecule has 0 unspecified atom stereocenters. The Labute approximate surface area is 149 Å². The summed E-state index contributed by atoms with van der Waals surface area (Å²) in [5, 5.41) is 0. The average Bonchev–Trinajstić information content (AvgIpc) is 2.62. The maximum Gasteiger partial charge on any atom is 0.256 e. The third kappa shape index (κ3) is 3.48. The highest BCUT2D eigenvalue weighted by atomic mass is 32.2. The highest BCUT2D eigenvalue weighted by Gasteiger charge is 2.32. The number of piperazine rings is 1. The molecule has 132 valence electrons. The highest BCUT2D eigenvalue weighted by Crippen LogP contribution is 2.21. The number of pyridine rings is 1. The van der Waals surface area contributed by atoms with Crippen LogP contribution in [-0.4, -0.2) is 54.7 Å². The molecule has 1 N–H and O–H groups in total. The molecule has 1 amide bonds. The molecule has 6 nitrogen and oxygen atoms in total. The van der Waals surface area contributed by atoms with Gasteiger partial charge >= 0.3 is 0 Å². The van der Waals surface area contributed by atoms with Crippen molar-refractivity contribution in [3.8, 4) is 0 Å². The van der Waals surface area contributed by atoms with Crippen LogP contribution in [0.15, 0.2) is 47.5 Å². The number of amides is 1. The van der Waals surface area contributed by atoms with Crippen molar-refractivity contribution in [2.45, 2.75) is 4.90 Å². The van der Waals surface area contributed by atoms with Crippen LogP contribution in [0.3, 0.4) is 0 Å². The second-order valence-electron chi connectivity index (χ2n) is 5.54. The van der Waals surface area contributed by atoms with Crippen LogP contribution in [-0.2, 0) is 10.0 Å². The molecule has 1 aromatic heterocycles. The van der Waals surface area contributed by atoms with E-state index in [1.165, 1.54) is 22.5 Å². The second kappa shape index (κ2) is 7.03. The number of hydrogen-bond donors (Lipinski definition) is 1. The van der Waals surface area contributed by atoms with Crippen LogP contribution in [0.25, 0.3) is 0 Å². The lowest BCUT2D eigenvalue weighted by Crippen LogP contribution is -2.50. The molecule has 0 aliphatic carbocycles. The van der Waals surface area contributed by atoms with Gasteiger partial charge < -0.3 is 9.88 Å². The number of sulfonamides is 1. The quantitative estimate of drug-likeness (QED) is 0.826. The van der Waals surface area contributed by atoms with Crippen LogP contribution in [0.5, 0.6) is 0 Å². The monoisotopic (exact) mass is 381 g/mol. The molecule has 0 radical (unpaired) electrons. The molecule has 0 saturated carbocycles. The Balaban J connectivity index is 1.74. The molecule has 0 bridgehead atoms. The fraction of sp³-hybridized carbons (Fsp3) is 0.250. The molecule has 3 rings (SSSR count). The topological polar surface area (TPSA) is 73.5 Å². The number of nitrogens with one attached hydrogen (secondary N) is 1. The molecule has 1 aliphatic rings. The SMILES string of the molecule is O=C(c1ccc[nH]c1=S)N1CCN(S(=O)(=O)c2ccccc2F)CC1. The van der Waals surface area contributed by atoms with E-state index in [0.717, 1.165) is 6.07 Å². The molecular formula is C16H16FN3O3S2. The van der Waals surface area contributed by atoms with Crippen LogP contribution in [0.1, 0.15) is 10.4 Å². The second-order valence-corrected chi connectivity index (χ2v) is 7.85. The van der Waals surface area contributed by atoms with E-state index in [-0.39, 0.29) is 37.0 Å². The average molecular weight is 381 g/mol. The summed E-state index contributed by atoms with van der Waals surface area (Å²) in [6.45, 7) is 0.643. The summed E-state index contributed by atoms with van der Waals surface area (Å²) in [6.07, 6.45) is 1.64. The van der Waals surface area contributed by atoms with Crippen LogP contribution in [0.4, 0.5) is 4.39 Å². The minimum absolute atomic E-state index is 0.103. The van der Waals surface area contributed by atoms with Crippen LogP contribution >= 0.6 is 12.2 Å². The van der Waals surface area contributed by atoms with Crippen molar-refractivity contribution in [3.63, 3.8) is 0 Å². The first-order valence-corrected chi connectivity index (χ1v) is 9.48. The Morgan fingerprint density at radius 2 is 1.76 bits per heavy atom. The third-order valence-corrected chi connectivity index (χ3v) is 6.30. The number of hydrogen-bond acceptors (Lipinski definition) is 4. The molecular weight excluding hydrogens is 365 g/mol. The first-order valence-electron chi connectivity index (χ1n) is 7.63. The van der Waals surface area contributed by atoms with E-state index in [1.807, 2.05) is 0 Å². The van der Waals surface area contributed by atoms with Crippen molar-refractivity contribution in [1.29, 1.82) is 0 Å². The molecule has 0 atom stereocenters. The highest BCUT2D eigenvalue weighted by molar-refractivity contribution is 7.89. The van der Waals surface area contributed by atoms with Gasteiger partial charge in [0.15, 0.2) is 0 Å². The maximum absolute atomic E-state index is 13.8. The normalized spacial score (nSPS) is 16.0. The van der Waals surface area contributed by atoms with E-state index in [0.29, 0.717) is 10.2 Å². The van der Waals surface area contributed by atoms with E-state index >= 15 is 0 Å². The van der Waals surface area contributed by atoms with Crippen molar-refractivity contribution in [3.05, 3.63) is 58.6 Å². The smallest absolute Gasteiger partial charge is 0.256 e. The first-order chi connectivity index (χ1) is 11.9. The van der Waals surface area contributed by atoms with E-state index in [1.54, 1.807) is 23.2 Å². The number of aromatic nitrogens is 1. The van der Waals surface area contributed by atoms with Gasteiger partial charge in [-0.05, 0) is 24.3 Å². The van der Waals surface area contributed by atoms with Gasteiger partial charge in [0.25, 0.3) is 5.91 Å². The molecule has 9 heteroatoms. The van der Waals surface area contributed by atoms with Crippen LogP contribution in [0, 0.1) is 10.5 Å². The largest absolute Gasteiger partial charge is 0.352 e. The summed E-state index contributed by atoms with van der Waals surface area (Å²) in [7, 11) is -3.92. The summed E-state index contributed by atoms with van der Waals surface area (Å²) >= 11 is 5.11. The third-order valence-electron chi connectivity index (χ3n) is 4.03. The summed E-state index contributed by atoms with van der Waals surface area (Å²) < 4.78 is 40.5. The number of carbonyl (C=O) groups excluding carboxylic acids is 1. The van der Waals surface area contributed by atoms with Gasteiger partial charge in [0, 0.05) is 32.4 Å². The number of carbonyl (C=O) groups is 1. The van der Waals surface area contributed by atoms with Crippen molar-refractivity contribution in [1.82, 2.24) is 14.2 Å². The fourth-order valence-electron chi connectivity index (χ4n) is 2.68. The van der Waals surface area contributed by atoms with E-state index in [4.69, 9.17) is 12.2 Å². The number of halogens is 1. The van der Waals surface area contributed by atoms with Crippen LogP contribution < -0.4 is 0 Å². The molecule has 1 saturated heterocycles. The van der Waals surface area contributed by atoms with Crippen molar-refractivity contribution in [2.75, 3.05) is 26.2 Å². The van der Waals surface area contributed by atoms with Crippen molar-refractivity contribution < 1.29 is 17.6 Å². The Bertz CT molecular complexity index is 951. The van der Waals surface area contributed by atoms with E-state index in [2.05, 4.69) is 4.98 Å². The number of nitrogens with zero attached hydrogens (tertiary/aromatic N) is 2. The standard InChI is InChI=1S/C16H16FN3O3S2/c17-13-5-1-2-6-14(13)25(22,23)20-10-8-19(9-11-20)16(21)12-4-3-7-18-15(12)24/h1-7H,8-11H2,(H,18,24). The summed E-state index contributed by atoms with van der Waals surface area (Å²) in [5.74, 6) is -1.03. The maximum atomic E-state index is 13.8. The van der Waals surface area contributed by atoms with Crippen molar-refractivity contribution >= 4 is 28.1 Å². The van der Waals surface area contributed by atoms with Gasteiger partial charge in [-0.3, -0.25) is 4.79 Å². The Morgan fingerprint density at radius 3 is 2.40 bits per heavy atom. The van der Waals surface area contributed by atoms with Gasteiger partial charge in [0.1, 0.15) is 15.4 Å². The zero-order chi connectivity index (χ0) is 18.0. The molecule has 0 spiro atoms. The number of H-pyrrole nitrogens is 1. The summed E-state index contributed by atoms with van der Waals surface area (Å²) in [6, 6.07) is 8.59. The van der Waals surface area contributed by atoms with Gasteiger partial charge in [-0.2, -0.15) is 4.31 Å². The fourth-order valence-corrected chi connectivity index (χ4v) is 4.40. The number of rotatable bonds is 3. The predicted molar refractivity (Wildman–Crippen MR) is 92.7 cm³/mol. The lowest BCUT2D eigenvalue weighted by molar-refractivity contribution is 0.0696. The number of aromatic amines is 1. The molecule has 1 aromatic carbocycles. The van der Waals surface area contributed by atoms with Gasteiger partial charge in [-0.1, -0.05) is 24.4 Å². The minimum Gasteiger partial charge on any atom is -0.352 e. The lowest BCUT2D eigenvalue weighted by atomic mass is 10.2. The zero-order valence-electron chi connectivity index (χ0n) is 13.2. The van der Waals surface area contributed by atoms with Gasteiger partial charge in [-0.15, -0.1) is 0 Å². The molecule has 1 aliphatic heterocycles. The van der Waals surface area contributed by atoms with E-state index < -0.39 is 15.8 Å². The van der Waals surface area contributed by atoms with Crippen LogP contribution in [0.2, 0.25) is 0 Å². The van der Waals surface area contributed by atoms with Gasteiger partial charge in [0.2, 0.25) is 10.0 Å². The minimum atomic E-state index is -3.92. The Kier molecular flexibility index (Phi) is 4.98. The molecule has 25 heavy (non-hydrogen) atoms. The Hall–Kier alpha value is -2.10. The predicted octanol–water partition coefficient (Wildman–Crippen LogP) is 2.03. The molecule has 1 fully saturated rings. The van der Waals surface area contributed by atoms with E-state index in [9.17, 15) is 17.6 Å². The zero-order valence-corrected chi connectivity index (χ0v) is 14.8. The number of benzene rings is 1. The lowest BCUT2D eigenvalue weighted by Gasteiger charge is -2.34. The van der Waals surface area contributed by atoms with Gasteiger partial charge in [0.05, 0.1) is 5.56 Å². The molecule has 2 aromatic rings. The molecule has 2 heterocycles.